The van der Waals surface area contributed by atoms with E-state index in [1.165, 1.54) is 23.1 Å². The van der Waals surface area contributed by atoms with Crippen molar-refractivity contribution in [3.8, 4) is 17.2 Å². The van der Waals surface area contributed by atoms with Crippen LogP contribution in [0.4, 0.5) is 5.69 Å². The third-order valence-electron chi connectivity index (χ3n) is 7.32. The predicted octanol–water partition coefficient (Wildman–Crippen LogP) is 4.67. The van der Waals surface area contributed by atoms with E-state index in [0.717, 1.165) is 15.8 Å². The Balaban J connectivity index is 1.20. The van der Waals surface area contributed by atoms with Crippen molar-refractivity contribution in [2.75, 3.05) is 11.1 Å². The van der Waals surface area contributed by atoms with Gasteiger partial charge in [0.1, 0.15) is 33.9 Å². The summed E-state index contributed by atoms with van der Waals surface area (Å²) in [6.07, 6.45) is 0.0455. The number of carboxylic acid groups (broad SMARTS) is 1. The zero-order chi connectivity index (χ0) is 31.1. The number of nitrogens with zero attached hydrogens (tertiary/aromatic N) is 2. The number of aromatic nitrogens is 1. The first-order valence-electron chi connectivity index (χ1n) is 13.4. The highest BCUT2D eigenvalue weighted by molar-refractivity contribution is 8.15. The Labute approximate surface area is 256 Å². The number of hydrogen-bond acceptors (Lipinski definition) is 9. The molecule has 1 aliphatic heterocycles. The van der Waals surface area contributed by atoms with E-state index in [1.54, 1.807) is 19.1 Å². The van der Waals surface area contributed by atoms with Gasteiger partial charge in [0.15, 0.2) is 6.04 Å². The molecule has 11 heteroatoms. The minimum Gasteiger partial charge on any atom is -0.507 e. The van der Waals surface area contributed by atoms with Crippen LogP contribution in [0.3, 0.4) is 0 Å². The molecule has 0 saturated heterocycles. The molecule has 0 saturated carbocycles. The number of thiazole rings is 1. The van der Waals surface area contributed by atoms with E-state index in [2.05, 4.69) is 28.5 Å². The zero-order valence-corrected chi connectivity index (χ0v) is 25.6. The average Bonchev–Trinajstić information content (AvgIpc) is 3.62. The van der Waals surface area contributed by atoms with Crippen molar-refractivity contribution >= 4 is 69.1 Å². The first kappa shape index (κ1) is 30.1. The van der Waals surface area contributed by atoms with Crippen LogP contribution in [-0.4, -0.2) is 49.0 Å². The lowest BCUT2D eigenvalue weighted by atomic mass is 9.78. The number of phenols is 2. The summed E-state index contributed by atoms with van der Waals surface area (Å²) in [5.41, 5.74) is 2.36. The van der Waals surface area contributed by atoms with E-state index >= 15 is 0 Å². The maximum atomic E-state index is 12.9. The van der Waals surface area contributed by atoms with Crippen molar-refractivity contribution in [1.82, 2.24) is 4.98 Å². The van der Waals surface area contributed by atoms with Crippen molar-refractivity contribution in [3.05, 3.63) is 74.6 Å². The molecule has 5 rings (SSSR count). The summed E-state index contributed by atoms with van der Waals surface area (Å²) in [6.45, 7) is 13.4. The highest BCUT2D eigenvalue weighted by Gasteiger charge is 2.30. The van der Waals surface area contributed by atoms with Crippen LogP contribution in [0.5, 0.6) is 17.2 Å². The van der Waals surface area contributed by atoms with Gasteiger partial charge < -0.3 is 25.4 Å². The van der Waals surface area contributed by atoms with Gasteiger partial charge in [-0.05, 0) is 42.8 Å². The van der Waals surface area contributed by atoms with E-state index in [-0.39, 0.29) is 29.0 Å². The molecular formula is C32H31N3O6S2. The van der Waals surface area contributed by atoms with Crippen molar-refractivity contribution in [2.45, 2.75) is 45.3 Å². The SMILES string of the molecule is C=c1c(C)c(O)c(=C)c(C(C)(C)CC(=O)Nc2ccc(COc3ccc4nc(C5=N[C@@H](C(=O)O)CS5)sc4c3)cc2)c1O. The number of carbonyl (C=O) groups is 2. The summed E-state index contributed by atoms with van der Waals surface area (Å²) in [5.74, 6) is -0.194. The Morgan fingerprint density at radius 3 is 2.49 bits per heavy atom. The number of thioether (sulfide) groups is 1. The quantitative estimate of drug-likeness (QED) is 0.199. The number of aliphatic carboxylic acids is 1. The van der Waals surface area contributed by atoms with E-state index in [0.29, 0.717) is 50.2 Å². The van der Waals surface area contributed by atoms with Gasteiger partial charge in [-0.25, -0.2) is 9.78 Å². The van der Waals surface area contributed by atoms with Crippen molar-refractivity contribution in [3.63, 3.8) is 0 Å². The number of aliphatic imine (C=N–C) groups is 1. The summed E-state index contributed by atoms with van der Waals surface area (Å²) in [5, 5.41) is 35.2. The molecule has 4 N–H and O–H groups in total. The number of nitrogens with one attached hydrogen (secondary N) is 1. The monoisotopic (exact) mass is 617 g/mol. The standard InChI is InChI=1S/C32H31N3O6S2/c1-16-17(2)28(38)26(18(3)27(16)37)32(4,5)13-25(36)33-20-8-6-19(7-9-20)14-41-21-10-11-22-24(12-21)43-30(34-22)29-35-23(15-42-29)31(39)40/h6-12,23,37-38H,2-3,13-15H2,1,4-5H3,(H,33,36)(H,39,40)/t23-/m1/s1. The summed E-state index contributed by atoms with van der Waals surface area (Å²) in [4.78, 5) is 33.0. The van der Waals surface area contributed by atoms with Crippen LogP contribution in [0.15, 0.2) is 47.5 Å². The maximum Gasteiger partial charge on any atom is 0.329 e. The molecule has 222 valence electrons. The molecule has 0 fully saturated rings. The number of carboxylic acids is 1. The Bertz CT molecular complexity index is 1880. The summed E-state index contributed by atoms with van der Waals surface area (Å²) in [7, 11) is 0. The van der Waals surface area contributed by atoms with Gasteiger partial charge >= 0.3 is 5.97 Å². The summed E-state index contributed by atoms with van der Waals surface area (Å²) in [6, 6.07) is 12.2. The first-order chi connectivity index (χ1) is 20.3. The Hall–Kier alpha value is -4.35. The molecule has 0 aliphatic carbocycles. The molecule has 1 aromatic heterocycles. The van der Waals surface area contributed by atoms with Gasteiger partial charge in [0.2, 0.25) is 5.91 Å². The first-order valence-corrected chi connectivity index (χ1v) is 15.2. The zero-order valence-electron chi connectivity index (χ0n) is 23.9. The van der Waals surface area contributed by atoms with Crippen LogP contribution < -0.4 is 20.5 Å². The molecule has 0 bridgehead atoms. The summed E-state index contributed by atoms with van der Waals surface area (Å²) < 4.78 is 6.91. The minimum absolute atomic E-state index is 0.0328. The van der Waals surface area contributed by atoms with Gasteiger partial charge in [-0.2, -0.15) is 0 Å². The molecule has 1 atom stereocenters. The smallest absolute Gasteiger partial charge is 0.329 e. The molecule has 1 amide bonds. The normalized spacial score (nSPS) is 15.0. The molecule has 3 aromatic carbocycles. The van der Waals surface area contributed by atoms with E-state index in [1.807, 2.05) is 44.2 Å². The lowest BCUT2D eigenvalue weighted by Crippen LogP contribution is -2.33. The Morgan fingerprint density at radius 2 is 1.81 bits per heavy atom. The predicted molar refractivity (Wildman–Crippen MR) is 172 cm³/mol. The van der Waals surface area contributed by atoms with Crippen LogP contribution in [0, 0.1) is 6.92 Å². The second-order valence-corrected chi connectivity index (χ2v) is 13.0. The number of amides is 1. The number of anilines is 1. The number of carbonyl (C=O) groups excluding carboxylic acids is 1. The fourth-order valence-corrected chi connectivity index (χ4v) is 7.03. The Kier molecular flexibility index (Phi) is 8.22. The molecule has 9 nitrogen and oxygen atoms in total. The molecule has 4 aromatic rings. The van der Waals surface area contributed by atoms with Crippen LogP contribution in [0.25, 0.3) is 23.4 Å². The molecule has 2 heterocycles. The maximum absolute atomic E-state index is 12.9. The van der Waals surface area contributed by atoms with Crippen LogP contribution in [0.2, 0.25) is 0 Å². The lowest BCUT2D eigenvalue weighted by molar-refractivity contribution is -0.137. The van der Waals surface area contributed by atoms with Crippen LogP contribution >= 0.6 is 23.1 Å². The molecule has 43 heavy (non-hydrogen) atoms. The lowest BCUT2D eigenvalue weighted by Gasteiger charge is -2.27. The minimum atomic E-state index is -0.930. The van der Waals surface area contributed by atoms with Gasteiger partial charge in [-0.15, -0.1) is 23.1 Å². The summed E-state index contributed by atoms with van der Waals surface area (Å²) >= 11 is 2.85. The molecule has 0 spiro atoms. The number of aromatic hydroxyl groups is 2. The van der Waals surface area contributed by atoms with E-state index in [9.17, 15) is 24.9 Å². The van der Waals surface area contributed by atoms with E-state index in [4.69, 9.17) is 4.74 Å². The van der Waals surface area contributed by atoms with Gasteiger partial charge in [0.05, 0.1) is 10.2 Å². The van der Waals surface area contributed by atoms with Crippen molar-refractivity contribution in [1.29, 1.82) is 0 Å². The molecule has 0 unspecified atom stereocenters. The third kappa shape index (κ3) is 6.23. The highest BCUT2D eigenvalue weighted by Crippen LogP contribution is 2.33. The second-order valence-electron chi connectivity index (χ2n) is 11.0. The topological polar surface area (TPSA) is 141 Å². The largest absolute Gasteiger partial charge is 0.507 e. The highest BCUT2D eigenvalue weighted by atomic mass is 32.2. The van der Waals surface area contributed by atoms with Gasteiger partial charge in [-0.3, -0.25) is 9.79 Å². The fraction of sp³-hybridized carbons (Fsp3) is 0.250. The number of benzene rings is 3. The Morgan fingerprint density at radius 1 is 1.09 bits per heavy atom. The van der Waals surface area contributed by atoms with Crippen molar-refractivity contribution in [2.24, 2.45) is 4.99 Å². The van der Waals surface area contributed by atoms with Crippen molar-refractivity contribution < 1.29 is 29.6 Å². The van der Waals surface area contributed by atoms with Gasteiger partial charge in [-0.1, -0.05) is 39.1 Å². The fourth-order valence-electron chi connectivity index (χ4n) is 4.94. The van der Waals surface area contributed by atoms with Gasteiger partial charge in [0.25, 0.3) is 0 Å². The van der Waals surface area contributed by atoms with Gasteiger partial charge in [0, 0.05) is 44.8 Å². The van der Waals surface area contributed by atoms with Crippen LogP contribution in [-0.2, 0) is 21.6 Å². The van der Waals surface area contributed by atoms with Crippen LogP contribution in [0.1, 0.15) is 42.0 Å². The van der Waals surface area contributed by atoms with E-state index < -0.39 is 17.4 Å². The number of phenolic OH excluding ortho intramolecular Hbond substituents is 2. The molecule has 0 radical (unpaired) electrons. The number of ether oxygens (including phenoxy) is 1. The average molecular weight is 618 g/mol. The number of rotatable bonds is 9. The third-order valence-corrected chi connectivity index (χ3v) is 9.53. The number of fused-ring (bicyclic) bond motifs is 1. The number of hydrogen-bond donors (Lipinski definition) is 4. The molecule has 1 aliphatic rings. The molecular weight excluding hydrogens is 587 g/mol. The second kappa shape index (κ2) is 11.7.